The first-order chi connectivity index (χ1) is 1.73. The monoisotopic (exact) mass is 136 g/mol. The van der Waals surface area contributed by atoms with Gasteiger partial charge in [-0.2, -0.15) is 0 Å². The zero-order chi connectivity index (χ0) is 3.58. The zero-order valence-electron chi connectivity index (χ0n) is 2.96. The molecule has 0 spiro atoms. The molecule has 0 nitrogen and oxygen atoms in total. The van der Waals surface area contributed by atoms with Crippen LogP contribution in [-0.2, 0) is 0 Å². The van der Waals surface area contributed by atoms with Crippen LogP contribution in [0.5, 0.6) is 0 Å². The van der Waals surface area contributed by atoms with E-state index < -0.39 is 0 Å². The van der Waals surface area contributed by atoms with Crippen LogP contribution in [0, 0.1) is 0 Å². The van der Waals surface area contributed by atoms with Crippen molar-refractivity contribution in [3.63, 3.8) is 0 Å². The first kappa shape index (κ1) is 5.01. The molecule has 0 N–H and O–H groups in total. The molecule has 2 heteroatoms. The second-order valence-corrected chi connectivity index (χ2v) is 6.27. The molecule has 0 radical (unpaired) electrons. The number of rotatable bonds is 0. The van der Waals surface area contributed by atoms with Crippen LogP contribution >= 0.6 is 15.9 Å². The van der Waals surface area contributed by atoms with Crippen LogP contribution in [0.3, 0.4) is 0 Å². The van der Waals surface area contributed by atoms with Gasteiger partial charge in [0.1, 0.15) is 0 Å². The maximum Gasteiger partial charge on any atom is 0.233 e. The summed E-state index contributed by atoms with van der Waals surface area (Å²) in [7, 11) is 0. The van der Waals surface area contributed by atoms with Gasteiger partial charge >= 0.3 is 0 Å². The van der Waals surface area contributed by atoms with Gasteiger partial charge in [0.2, 0.25) is 16.3 Å². The number of alkyl halides is 1. The molecule has 0 bridgehead atoms. The summed E-state index contributed by atoms with van der Waals surface area (Å²) in [6.07, 6.45) is 0. The Kier molecular flexibility index (Phi) is 2.83. The molecule has 0 aliphatic heterocycles. The minimum absolute atomic E-state index is 0.785. The lowest BCUT2D eigenvalue weighted by Gasteiger charge is -1.75. The molecule has 1 atom stereocenters. The standard InChI is InChI=1S/C2H4Br.Al.2H/c1-2-3;;;/h2H,1H3;;;. The molecular weight excluding hydrogens is 131 g/mol. The van der Waals surface area contributed by atoms with E-state index in [1.165, 1.54) is 16.3 Å². The second-order valence-electron chi connectivity index (χ2n) is 1.01. The first-order valence-electron chi connectivity index (χ1n) is 1.37. The molecular formula is C2H6AlBr. The van der Waals surface area contributed by atoms with E-state index in [1.54, 1.807) is 0 Å². The number of halogens is 1. The van der Waals surface area contributed by atoms with Crippen molar-refractivity contribution in [2.24, 2.45) is 0 Å². The van der Waals surface area contributed by atoms with E-state index in [4.69, 9.17) is 0 Å². The van der Waals surface area contributed by atoms with Gasteiger partial charge in [0.05, 0.1) is 0 Å². The molecule has 0 saturated heterocycles. The summed E-state index contributed by atoms with van der Waals surface area (Å²) < 4.78 is 0.785. The van der Waals surface area contributed by atoms with Crippen molar-refractivity contribution in [2.45, 2.75) is 10.6 Å². The van der Waals surface area contributed by atoms with Crippen LogP contribution < -0.4 is 0 Å². The van der Waals surface area contributed by atoms with Crippen LogP contribution in [0.1, 0.15) is 6.92 Å². The van der Waals surface area contributed by atoms with E-state index in [-0.39, 0.29) is 0 Å². The topological polar surface area (TPSA) is 0 Å². The number of hydrogen-bond donors (Lipinski definition) is 0. The Morgan fingerprint density at radius 1 is 2.00 bits per heavy atom. The Labute approximate surface area is 43.1 Å². The van der Waals surface area contributed by atoms with Crippen molar-refractivity contribution in [3.8, 4) is 0 Å². The maximum absolute atomic E-state index is 3.33. The van der Waals surface area contributed by atoms with Gasteiger partial charge < -0.3 is 0 Å². The van der Waals surface area contributed by atoms with Crippen molar-refractivity contribution in [3.05, 3.63) is 0 Å². The van der Waals surface area contributed by atoms with Crippen LogP contribution in [0.2, 0.25) is 0 Å². The highest BCUT2D eigenvalue weighted by molar-refractivity contribution is 9.10. The Bertz CT molecular complexity index is 10.8. The van der Waals surface area contributed by atoms with E-state index in [9.17, 15) is 0 Å². The van der Waals surface area contributed by atoms with Crippen molar-refractivity contribution >= 4 is 32.2 Å². The largest absolute Gasteiger partial charge is 0.233 e. The van der Waals surface area contributed by atoms with Gasteiger partial charge in [-0.3, -0.25) is 0 Å². The fraction of sp³-hybridized carbons (Fsp3) is 1.00. The molecule has 0 aliphatic carbocycles. The highest BCUT2D eigenvalue weighted by Gasteiger charge is 1.73. The first-order valence-corrected chi connectivity index (χ1v) is 3.44. The van der Waals surface area contributed by atoms with Crippen LogP contribution in [0.4, 0.5) is 0 Å². The van der Waals surface area contributed by atoms with E-state index in [1.807, 2.05) is 0 Å². The number of hydrogen-bond acceptors (Lipinski definition) is 0. The minimum Gasteiger partial charge on any atom is -0.106 e. The highest BCUT2D eigenvalue weighted by atomic mass is 79.9. The lowest BCUT2D eigenvalue weighted by atomic mass is 11.0. The molecule has 0 aromatic heterocycles. The summed E-state index contributed by atoms with van der Waals surface area (Å²) in [4.78, 5) is 0. The van der Waals surface area contributed by atoms with E-state index in [2.05, 4.69) is 22.9 Å². The van der Waals surface area contributed by atoms with Crippen LogP contribution in [-0.4, -0.2) is 20.0 Å². The van der Waals surface area contributed by atoms with Crippen LogP contribution in [0.25, 0.3) is 0 Å². The Balaban J connectivity index is 2.32. The quantitative estimate of drug-likeness (QED) is 0.334. The van der Waals surface area contributed by atoms with Crippen LogP contribution in [0.15, 0.2) is 0 Å². The van der Waals surface area contributed by atoms with Gasteiger partial charge in [0.15, 0.2) is 0 Å². The summed E-state index contributed by atoms with van der Waals surface area (Å²) in [5, 5.41) is 0. The third-order valence-corrected chi connectivity index (χ3v) is 0. The molecule has 0 aromatic rings. The van der Waals surface area contributed by atoms with Crippen molar-refractivity contribution in [2.75, 3.05) is 0 Å². The molecule has 0 aliphatic rings. The molecule has 0 saturated carbocycles. The van der Waals surface area contributed by atoms with E-state index in [0.29, 0.717) is 0 Å². The average molecular weight is 137 g/mol. The second kappa shape index (κ2) is 2.26. The zero-order valence-corrected chi connectivity index (χ0v) is 6.54. The molecule has 0 heterocycles. The smallest absolute Gasteiger partial charge is 0.106 e. The molecule has 0 rings (SSSR count). The van der Waals surface area contributed by atoms with Gasteiger partial charge in [-0.25, -0.2) is 0 Å². The molecule has 0 fully saturated rings. The Hall–Kier alpha value is 1.01. The van der Waals surface area contributed by atoms with Crippen molar-refractivity contribution < 1.29 is 0 Å². The molecule has 0 aromatic carbocycles. The Morgan fingerprint density at radius 3 is 2.00 bits per heavy atom. The fourth-order valence-electron chi connectivity index (χ4n) is 0. The lowest BCUT2D eigenvalue weighted by Crippen LogP contribution is -1.80. The van der Waals surface area contributed by atoms with Gasteiger partial charge in [0.25, 0.3) is 0 Å². The van der Waals surface area contributed by atoms with Crippen molar-refractivity contribution in [1.82, 2.24) is 0 Å². The Morgan fingerprint density at radius 2 is 2.00 bits per heavy atom. The summed E-state index contributed by atoms with van der Waals surface area (Å²) in [5.74, 6) is 0. The third-order valence-electron chi connectivity index (χ3n) is 0. The minimum atomic E-state index is 0.785. The molecule has 4 heavy (non-hydrogen) atoms. The van der Waals surface area contributed by atoms with Gasteiger partial charge in [-0.05, 0) is 3.69 Å². The molecule has 0 amide bonds. The van der Waals surface area contributed by atoms with E-state index >= 15 is 0 Å². The van der Waals surface area contributed by atoms with Gasteiger partial charge in [-0.1, -0.05) is 6.92 Å². The van der Waals surface area contributed by atoms with E-state index in [0.717, 1.165) is 3.69 Å². The summed E-state index contributed by atoms with van der Waals surface area (Å²) in [5.41, 5.74) is 0. The average Bonchev–Trinajstić information content (AvgIpc) is 0.811. The predicted molar refractivity (Wildman–Crippen MR) is 26.9 cm³/mol. The fourth-order valence-corrected chi connectivity index (χ4v) is 0. The summed E-state index contributed by atoms with van der Waals surface area (Å²) in [6, 6.07) is 0. The normalized spacial score (nSPS) is 15.5. The molecule has 1 unspecified atom stereocenters. The molecule has 24 valence electrons. The maximum atomic E-state index is 3.33. The third kappa shape index (κ3) is 11.9. The highest BCUT2D eigenvalue weighted by Crippen LogP contribution is 1.84. The predicted octanol–water partition coefficient (Wildman–Crippen LogP) is 0.360. The van der Waals surface area contributed by atoms with Gasteiger partial charge in [-0.15, -0.1) is 15.9 Å². The van der Waals surface area contributed by atoms with Gasteiger partial charge in [0, 0.05) is 0 Å². The lowest BCUT2D eigenvalue weighted by molar-refractivity contribution is 1.43. The van der Waals surface area contributed by atoms with Crippen molar-refractivity contribution in [1.29, 1.82) is 0 Å². The summed E-state index contributed by atoms with van der Waals surface area (Å²) >= 11 is 4.60. The SMILES string of the molecule is C[CH]([AlH2])Br. The summed E-state index contributed by atoms with van der Waals surface area (Å²) in [6.45, 7) is 2.15.